The van der Waals surface area contributed by atoms with Crippen molar-refractivity contribution < 1.29 is 19.6 Å². The number of non-ortho nitro benzene ring substituents is 1. The van der Waals surface area contributed by atoms with Crippen molar-refractivity contribution in [3.63, 3.8) is 0 Å². The van der Waals surface area contributed by atoms with E-state index < -0.39 is 10.9 Å². The largest absolute Gasteiger partial charge is 0.507 e. The molecule has 0 aromatic heterocycles. The van der Waals surface area contributed by atoms with Gasteiger partial charge in [0.25, 0.3) is 5.69 Å². The second-order valence-corrected chi connectivity index (χ2v) is 7.76. The third-order valence-electron chi connectivity index (χ3n) is 5.36. The minimum atomic E-state index is -0.563. The molecule has 0 radical (unpaired) electrons. The third-order valence-corrected chi connectivity index (χ3v) is 5.36. The average molecular weight is 439 g/mol. The number of phenolic OH excluding ortho intramolecular Hbond substituents is 1. The average Bonchev–Trinajstić information content (AvgIpc) is 2.80. The number of carbonyl (C=O) groups is 1. The van der Waals surface area contributed by atoms with Crippen molar-refractivity contribution in [2.45, 2.75) is 13.8 Å². The maximum atomic E-state index is 13.0. The Morgan fingerprint density at radius 1 is 0.909 bits per heavy atom. The van der Waals surface area contributed by atoms with Gasteiger partial charge < -0.3 is 9.84 Å². The molecule has 0 heterocycles. The number of hydrogen-bond acceptors (Lipinski definition) is 5. The van der Waals surface area contributed by atoms with E-state index in [1.165, 1.54) is 24.3 Å². The van der Waals surface area contributed by atoms with Crippen LogP contribution in [0.2, 0.25) is 0 Å². The van der Waals surface area contributed by atoms with E-state index in [9.17, 15) is 20.0 Å². The molecule has 6 nitrogen and oxygen atoms in total. The number of nitrogens with zero attached hydrogens (tertiary/aromatic N) is 1. The summed E-state index contributed by atoms with van der Waals surface area (Å²) in [6, 6.07) is 20.5. The first-order valence-corrected chi connectivity index (χ1v) is 10.3. The van der Waals surface area contributed by atoms with E-state index in [0.29, 0.717) is 11.1 Å². The van der Waals surface area contributed by atoms with Crippen LogP contribution in [0.25, 0.3) is 22.9 Å². The maximum Gasteiger partial charge on any atom is 0.344 e. The van der Waals surface area contributed by atoms with Gasteiger partial charge in [0.05, 0.1) is 10.5 Å². The van der Waals surface area contributed by atoms with Crippen LogP contribution in [-0.2, 0) is 0 Å². The summed E-state index contributed by atoms with van der Waals surface area (Å²) in [5.74, 6) is -0.0731. The molecule has 0 fully saturated rings. The molecule has 0 bridgehead atoms. The smallest absolute Gasteiger partial charge is 0.344 e. The van der Waals surface area contributed by atoms with E-state index in [4.69, 9.17) is 4.74 Å². The van der Waals surface area contributed by atoms with E-state index >= 15 is 0 Å². The van der Waals surface area contributed by atoms with Gasteiger partial charge in [-0.15, -0.1) is 0 Å². The molecule has 4 rings (SSSR count). The van der Waals surface area contributed by atoms with Crippen molar-refractivity contribution in [3.8, 4) is 11.5 Å². The highest BCUT2D eigenvalue weighted by atomic mass is 16.6. The molecular formula is C27H21NO5. The Kier molecular flexibility index (Phi) is 5.91. The number of phenols is 1. The van der Waals surface area contributed by atoms with Crippen LogP contribution in [-0.4, -0.2) is 16.0 Å². The van der Waals surface area contributed by atoms with Crippen molar-refractivity contribution in [3.05, 3.63) is 111 Å². The van der Waals surface area contributed by atoms with Gasteiger partial charge in [0, 0.05) is 12.1 Å². The predicted octanol–water partition coefficient (Wildman–Crippen LogP) is 6.46. The monoisotopic (exact) mass is 439 g/mol. The lowest BCUT2D eigenvalue weighted by Gasteiger charge is -2.10. The molecule has 0 atom stereocenters. The Morgan fingerprint density at radius 3 is 2.12 bits per heavy atom. The number of carbonyl (C=O) groups excluding carboxylic acids is 1. The SMILES string of the molecule is Cc1cc(C=Cc2cc3ccccc3cc2C(=O)Oc2ccc([N+](=O)[O-])cc2)cc(C)c1O. The van der Waals surface area contributed by atoms with Crippen LogP contribution < -0.4 is 4.74 Å². The Morgan fingerprint density at radius 2 is 1.52 bits per heavy atom. The first-order chi connectivity index (χ1) is 15.8. The van der Waals surface area contributed by atoms with Crippen molar-refractivity contribution in [1.82, 2.24) is 0 Å². The normalized spacial score (nSPS) is 11.1. The highest BCUT2D eigenvalue weighted by molar-refractivity contribution is 6.01. The molecule has 0 spiro atoms. The summed E-state index contributed by atoms with van der Waals surface area (Å²) in [6.45, 7) is 3.67. The number of aromatic hydroxyl groups is 1. The Labute approximate surface area is 190 Å². The fraction of sp³-hybridized carbons (Fsp3) is 0.0741. The Bertz CT molecular complexity index is 1380. The molecule has 33 heavy (non-hydrogen) atoms. The van der Waals surface area contributed by atoms with Crippen LogP contribution in [0.3, 0.4) is 0 Å². The van der Waals surface area contributed by atoms with Crippen LogP contribution >= 0.6 is 0 Å². The fourth-order valence-corrected chi connectivity index (χ4v) is 3.64. The highest BCUT2D eigenvalue weighted by Crippen LogP contribution is 2.27. The number of benzene rings is 4. The van der Waals surface area contributed by atoms with Gasteiger partial charge in [-0.05, 0) is 83.3 Å². The molecule has 4 aromatic carbocycles. The quantitative estimate of drug-likeness (QED) is 0.127. The predicted molar refractivity (Wildman–Crippen MR) is 129 cm³/mol. The summed E-state index contributed by atoms with van der Waals surface area (Å²) in [7, 11) is 0. The fourth-order valence-electron chi connectivity index (χ4n) is 3.64. The van der Waals surface area contributed by atoms with Crippen LogP contribution in [0.15, 0.2) is 72.8 Å². The molecule has 164 valence electrons. The lowest BCUT2D eigenvalue weighted by atomic mass is 9.99. The zero-order valence-electron chi connectivity index (χ0n) is 18.1. The molecule has 0 aliphatic rings. The van der Waals surface area contributed by atoms with Crippen molar-refractivity contribution >= 4 is 34.6 Å². The molecule has 0 saturated carbocycles. The summed E-state index contributed by atoms with van der Waals surface area (Å²) >= 11 is 0. The van der Waals surface area contributed by atoms with Gasteiger partial charge in [-0.3, -0.25) is 10.1 Å². The molecule has 0 unspecified atom stereocenters. The van der Waals surface area contributed by atoms with E-state index in [1.54, 1.807) is 6.07 Å². The van der Waals surface area contributed by atoms with Gasteiger partial charge in [-0.2, -0.15) is 0 Å². The maximum absolute atomic E-state index is 13.0. The summed E-state index contributed by atoms with van der Waals surface area (Å²) in [4.78, 5) is 23.4. The number of nitro groups is 1. The molecule has 0 aliphatic carbocycles. The number of esters is 1. The minimum absolute atomic E-state index is 0.0800. The number of rotatable bonds is 5. The van der Waals surface area contributed by atoms with Gasteiger partial charge in [-0.25, -0.2) is 4.79 Å². The van der Waals surface area contributed by atoms with E-state index in [1.807, 2.05) is 68.5 Å². The first-order valence-electron chi connectivity index (χ1n) is 10.3. The number of hydrogen-bond donors (Lipinski definition) is 1. The Hall–Kier alpha value is -4.45. The third kappa shape index (κ3) is 4.75. The standard InChI is InChI=1S/C27H21NO5/c1-17-13-19(14-18(2)26(17)29)7-8-22-15-20-5-3-4-6-21(20)16-25(22)27(30)33-24-11-9-23(10-12-24)28(31)32/h3-16,29H,1-2H3. The van der Waals surface area contributed by atoms with E-state index in [-0.39, 0.29) is 17.2 Å². The number of aryl methyl sites for hydroxylation is 2. The molecule has 0 amide bonds. The Balaban J connectivity index is 1.71. The zero-order valence-corrected chi connectivity index (χ0v) is 18.1. The molecule has 4 aromatic rings. The minimum Gasteiger partial charge on any atom is -0.507 e. The second-order valence-electron chi connectivity index (χ2n) is 7.76. The number of ether oxygens (including phenoxy) is 1. The van der Waals surface area contributed by atoms with Crippen LogP contribution in [0.4, 0.5) is 5.69 Å². The van der Waals surface area contributed by atoms with Crippen LogP contribution in [0.1, 0.15) is 32.6 Å². The van der Waals surface area contributed by atoms with Gasteiger partial charge >= 0.3 is 5.97 Å². The number of fused-ring (bicyclic) bond motifs is 1. The molecule has 0 aliphatic heterocycles. The lowest BCUT2D eigenvalue weighted by molar-refractivity contribution is -0.384. The summed E-state index contributed by atoms with van der Waals surface area (Å²) in [5, 5.41) is 22.7. The van der Waals surface area contributed by atoms with E-state index in [2.05, 4.69) is 0 Å². The first kappa shape index (κ1) is 21.8. The molecule has 6 heteroatoms. The molecule has 0 saturated heterocycles. The van der Waals surface area contributed by atoms with Crippen molar-refractivity contribution in [2.75, 3.05) is 0 Å². The van der Waals surface area contributed by atoms with E-state index in [0.717, 1.165) is 27.5 Å². The van der Waals surface area contributed by atoms with Crippen LogP contribution in [0.5, 0.6) is 11.5 Å². The van der Waals surface area contributed by atoms with Gasteiger partial charge in [0.1, 0.15) is 11.5 Å². The molecular weight excluding hydrogens is 418 g/mol. The van der Waals surface area contributed by atoms with Crippen molar-refractivity contribution in [2.24, 2.45) is 0 Å². The zero-order chi connectivity index (χ0) is 23.5. The summed E-state index contributed by atoms with van der Waals surface area (Å²) < 4.78 is 5.50. The highest BCUT2D eigenvalue weighted by Gasteiger charge is 2.15. The van der Waals surface area contributed by atoms with Crippen molar-refractivity contribution in [1.29, 1.82) is 0 Å². The van der Waals surface area contributed by atoms with Crippen LogP contribution in [0, 0.1) is 24.0 Å². The molecule has 1 N–H and O–H groups in total. The van der Waals surface area contributed by atoms with Gasteiger partial charge in [0.2, 0.25) is 0 Å². The number of nitro benzene ring substituents is 1. The topological polar surface area (TPSA) is 89.7 Å². The van der Waals surface area contributed by atoms with Gasteiger partial charge in [0.15, 0.2) is 0 Å². The summed E-state index contributed by atoms with van der Waals surface area (Å²) in [6.07, 6.45) is 3.72. The second kappa shape index (κ2) is 8.96. The lowest BCUT2D eigenvalue weighted by Crippen LogP contribution is -2.10. The summed E-state index contributed by atoms with van der Waals surface area (Å²) in [5.41, 5.74) is 3.39. The van der Waals surface area contributed by atoms with Gasteiger partial charge in [-0.1, -0.05) is 36.4 Å².